The van der Waals surface area contributed by atoms with Crippen LogP contribution in [0.25, 0.3) is 0 Å². The first kappa shape index (κ1) is 19.8. The Morgan fingerprint density at radius 2 is 1.92 bits per heavy atom. The Bertz CT molecular complexity index is 1040. The van der Waals surface area contributed by atoms with Crippen molar-refractivity contribution in [2.45, 2.75) is 4.90 Å². The molecule has 0 atom stereocenters. The minimum atomic E-state index is -4.92. The fourth-order valence-corrected chi connectivity index (χ4v) is 3.53. The lowest BCUT2D eigenvalue weighted by atomic mass is 10.3. The normalized spacial score (nSPS) is 11.5. The van der Waals surface area contributed by atoms with Crippen LogP contribution in [-0.2, 0) is 21.9 Å². The minimum absolute atomic E-state index is 0.146. The molecule has 0 saturated carbocycles. The van der Waals surface area contributed by atoms with Gasteiger partial charge < -0.3 is 4.74 Å². The van der Waals surface area contributed by atoms with Gasteiger partial charge in [0.05, 0.1) is 19.2 Å². The second kappa shape index (κ2) is 7.01. The van der Waals surface area contributed by atoms with Crippen molar-refractivity contribution in [3.8, 4) is 6.01 Å². The molecule has 0 spiro atoms. The van der Waals surface area contributed by atoms with Crippen molar-refractivity contribution >= 4 is 27.7 Å². The van der Waals surface area contributed by atoms with Crippen LogP contribution in [0.4, 0.5) is 13.6 Å². The average molecular weight is 413 g/mol. The van der Waals surface area contributed by atoms with Crippen molar-refractivity contribution in [2.24, 2.45) is 7.05 Å². The summed E-state index contributed by atoms with van der Waals surface area (Å²) >= 11 is 5.52. The molecule has 14 heteroatoms. The van der Waals surface area contributed by atoms with Gasteiger partial charge >= 0.3 is 17.7 Å². The van der Waals surface area contributed by atoms with E-state index in [1.807, 2.05) is 0 Å². The Labute approximate surface area is 150 Å². The van der Waals surface area contributed by atoms with Gasteiger partial charge in [-0.25, -0.2) is 22.9 Å². The molecule has 0 unspecified atom stereocenters. The zero-order valence-electron chi connectivity index (χ0n) is 13.4. The van der Waals surface area contributed by atoms with Crippen molar-refractivity contribution in [2.75, 3.05) is 14.2 Å². The number of aromatic nitrogens is 3. The third-order valence-electron chi connectivity index (χ3n) is 3.12. The van der Waals surface area contributed by atoms with Gasteiger partial charge in [0.2, 0.25) is 0 Å². The number of methoxy groups -OCH3 is 1. The monoisotopic (exact) mass is 412 g/mol. The van der Waals surface area contributed by atoms with Gasteiger partial charge in [-0.15, -0.1) is 9.78 Å². The maximum Gasteiger partial charge on any atom is 0.388 e. The van der Waals surface area contributed by atoms with E-state index in [-0.39, 0.29) is 15.2 Å². The summed E-state index contributed by atoms with van der Waals surface area (Å²) in [5.41, 5.74) is -1.04. The maximum atomic E-state index is 13.6. The SMILES string of the molecule is COc1nn(C(=O)N(OC)S(=O)(=O)c2ccc(F)c(F)c2Cl)c(=O)n1C. The highest BCUT2D eigenvalue weighted by molar-refractivity contribution is 7.89. The summed E-state index contributed by atoms with van der Waals surface area (Å²) in [4.78, 5) is 28.0. The van der Waals surface area contributed by atoms with E-state index in [2.05, 4.69) is 9.94 Å². The van der Waals surface area contributed by atoms with E-state index in [9.17, 15) is 26.8 Å². The lowest BCUT2D eigenvalue weighted by molar-refractivity contribution is -0.0118. The van der Waals surface area contributed by atoms with E-state index in [4.69, 9.17) is 16.3 Å². The van der Waals surface area contributed by atoms with Gasteiger partial charge in [0.15, 0.2) is 11.6 Å². The van der Waals surface area contributed by atoms with Gasteiger partial charge in [0.25, 0.3) is 10.0 Å². The largest absolute Gasteiger partial charge is 0.467 e. The van der Waals surface area contributed by atoms with Gasteiger partial charge in [-0.05, 0) is 12.1 Å². The van der Waals surface area contributed by atoms with E-state index >= 15 is 0 Å². The number of carbonyl (C=O) groups is 1. The van der Waals surface area contributed by atoms with E-state index in [0.717, 1.165) is 11.7 Å². The number of nitrogens with zero attached hydrogens (tertiary/aromatic N) is 4. The Balaban J connectivity index is 2.59. The summed E-state index contributed by atoms with van der Waals surface area (Å²) < 4.78 is 57.3. The van der Waals surface area contributed by atoms with Gasteiger partial charge in [-0.2, -0.15) is 8.42 Å². The van der Waals surface area contributed by atoms with Crippen molar-refractivity contribution in [1.29, 1.82) is 0 Å². The molecule has 0 bridgehead atoms. The number of hydrogen-bond acceptors (Lipinski definition) is 7. The Hall–Kier alpha value is -2.51. The van der Waals surface area contributed by atoms with Gasteiger partial charge in [0.1, 0.15) is 4.90 Å². The highest BCUT2D eigenvalue weighted by atomic mass is 35.5. The predicted molar refractivity (Wildman–Crippen MR) is 82.2 cm³/mol. The lowest BCUT2D eigenvalue weighted by Crippen LogP contribution is -2.43. The van der Waals surface area contributed by atoms with Crippen LogP contribution >= 0.6 is 11.6 Å². The summed E-state index contributed by atoms with van der Waals surface area (Å²) in [6.07, 6.45) is 0. The first-order valence-corrected chi connectivity index (χ1v) is 8.37. The van der Waals surface area contributed by atoms with E-state index in [1.54, 1.807) is 0 Å². The van der Waals surface area contributed by atoms with Crippen LogP contribution < -0.4 is 10.4 Å². The Kier molecular flexibility index (Phi) is 5.34. The highest BCUT2D eigenvalue weighted by Gasteiger charge is 2.36. The number of halogens is 3. The smallest absolute Gasteiger partial charge is 0.388 e. The summed E-state index contributed by atoms with van der Waals surface area (Å²) in [7, 11) is -1.74. The molecule has 2 aromatic rings. The number of benzene rings is 1. The Morgan fingerprint density at radius 1 is 1.31 bits per heavy atom. The van der Waals surface area contributed by atoms with Crippen LogP contribution in [0.15, 0.2) is 21.8 Å². The molecule has 10 nitrogen and oxygen atoms in total. The molecule has 0 saturated heterocycles. The van der Waals surface area contributed by atoms with Crippen LogP contribution in [0.1, 0.15) is 0 Å². The standard InChI is InChI=1S/C12H11ClF2N4O6S/c1-17-10(24-2)16-18(11(17)20)12(21)19(25-3)26(22,23)7-5-4-6(14)9(15)8(7)13/h4-5H,1-3H3. The molecular weight excluding hydrogens is 402 g/mol. The predicted octanol–water partition coefficient (Wildman–Crippen LogP) is 0.742. The van der Waals surface area contributed by atoms with Crippen molar-refractivity contribution < 1.29 is 31.6 Å². The van der Waals surface area contributed by atoms with Crippen LogP contribution in [0.3, 0.4) is 0 Å². The molecule has 0 aliphatic carbocycles. The Morgan fingerprint density at radius 3 is 2.42 bits per heavy atom. The quantitative estimate of drug-likeness (QED) is 0.537. The highest BCUT2D eigenvalue weighted by Crippen LogP contribution is 2.29. The molecule has 0 aliphatic heterocycles. The van der Waals surface area contributed by atoms with Crippen molar-refractivity contribution in [3.05, 3.63) is 39.3 Å². The summed E-state index contributed by atoms with van der Waals surface area (Å²) in [5.74, 6) is -3.03. The molecule has 0 fully saturated rings. The number of hydrogen-bond donors (Lipinski definition) is 0. The van der Waals surface area contributed by atoms with Crippen LogP contribution in [0.2, 0.25) is 5.02 Å². The molecule has 0 N–H and O–H groups in total. The number of hydroxylamine groups is 1. The lowest BCUT2D eigenvalue weighted by Gasteiger charge is -2.19. The fourth-order valence-electron chi connectivity index (χ4n) is 1.87. The first-order chi connectivity index (χ1) is 12.1. The van der Waals surface area contributed by atoms with Crippen molar-refractivity contribution in [3.63, 3.8) is 0 Å². The third-order valence-corrected chi connectivity index (χ3v) is 5.24. The molecule has 1 aromatic carbocycles. The third kappa shape index (κ3) is 3.04. The molecule has 2 rings (SSSR count). The summed E-state index contributed by atoms with van der Waals surface area (Å²) in [6.45, 7) is 0. The summed E-state index contributed by atoms with van der Waals surface area (Å²) in [6, 6.07) is -0.709. The number of sulfonamides is 1. The number of carbonyl (C=O) groups excluding carboxylic acids is 1. The molecule has 0 radical (unpaired) electrons. The van der Waals surface area contributed by atoms with Crippen LogP contribution in [-0.4, -0.2) is 47.5 Å². The maximum absolute atomic E-state index is 13.6. The van der Waals surface area contributed by atoms with E-state index in [1.165, 1.54) is 14.2 Å². The minimum Gasteiger partial charge on any atom is -0.467 e. The van der Waals surface area contributed by atoms with Crippen LogP contribution in [0.5, 0.6) is 6.01 Å². The number of rotatable bonds is 4. The zero-order valence-corrected chi connectivity index (χ0v) is 15.0. The van der Waals surface area contributed by atoms with Gasteiger partial charge in [-0.1, -0.05) is 16.1 Å². The van der Waals surface area contributed by atoms with Gasteiger partial charge in [0, 0.05) is 7.05 Å². The number of ether oxygens (including phenoxy) is 1. The fraction of sp³-hybridized carbons (Fsp3) is 0.250. The molecule has 1 aromatic heterocycles. The summed E-state index contributed by atoms with van der Waals surface area (Å²) in [5, 5.41) is 2.41. The topological polar surface area (TPSA) is 113 Å². The molecule has 26 heavy (non-hydrogen) atoms. The molecule has 0 aliphatic rings. The first-order valence-electron chi connectivity index (χ1n) is 6.55. The molecule has 142 valence electrons. The van der Waals surface area contributed by atoms with Crippen LogP contribution in [0, 0.1) is 11.6 Å². The van der Waals surface area contributed by atoms with Gasteiger partial charge in [-0.3, -0.25) is 4.84 Å². The second-order valence-corrected chi connectivity index (χ2v) is 6.71. The zero-order chi connectivity index (χ0) is 19.8. The van der Waals surface area contributed by atoms with E-state index < -0.39 is 43.3 Å². The van der Waals surface area contributed by atoms with E-state index in [0.29, 0.717) is 12.1 Å². The average Bonchev–Trinajstić information content (AvgIpc) is 2.87. The second-order valence-electron chi connectivity index (χ2n) is 4.61. The molecule has 1 amide bonds. The van der Waals surface area contributed by atoms with Crippen molar-refractivity contribution in [1.82, 2.24) is 18.8 Å². The number of amides is 1. The molecule has 1 heterocycles. The molecular formula is C12H11ClF2N4O6S.